The third-order valence-electron chi connectivity index (χ3n) is 4.13. The molecule has 2 atom stereocenters. The zero-order chi connectivity index (χ0) is 17.9. The van der Waals surface area contributed by atoms with E-state index < -0.39 is 17.5 Å². The van der Waals surface area contributed by atoms with Crippen molar-refractivity contribution in [2.75, 3.05) is 6.54 Å². The van der Waals surface area contributed by atoms with E-state index in [1.807, 2.05) is 13.8 Å². The van der Waals surface area contributed by atoms with E-state index in [1.165, 1.54) is 0 Å². The van der Waals surface area contributed by atoms with Crippen molar-refractivity contribution in [3.8, 4) is 0 Å². The molecular weight excluding hydrogens is 330 g/mol. The molecule has 1 aromatic carbocycles. The molecule has 2 N–H and O–H groups in total. The highest BCUT2D eigenvalue weighted by molar-refractivity contribution is 6.30. The Morgan fingerprint density at radius 2 is 1.96 bits per heavy atom. The number of nitrogens with one attached hydrogen (secondary N) is 2. The quantitative estimate of drug-likeness (QED) is 0.772. The van der Waals surface area contributed by atoms with Crippen LogP contribution in [0.1, 0.15) is 39.2 Å². The first-order chi connectivity index (χ1) is 11.3. The molecule has 0 saturated carbocycles. The first kappa shape index (κ1) is 18.3. The summed E-state index contributed by atoms with van der Waals surface area (Å²) in [5.74, 6) is -0.798. The maximum atomic E-state index is 12.7. The molecule has 1 saturated heterocycles. The predicted molar refractivity (Wildman–Crippen MR) is 91.6 cm³/mol. The number of carbonyl (C=O) groups excluding carboxylic acids is 3. The molecule has 0 radical (unpaired) electrons. The predicted octanol–water partition coefficient (Wildman–Crippen LogP) is 2.41. The van der Waals surface area contributed by atoms with Gasteiger partial charge in [-0.1, -0.05) is 37.1 Å². The average Bonchev–Trinajstić information content (AvgIpc) is 2.72. The number of halogens is 1. The molecule has 7 heteroatoms. The fraction of sp³-hybridized carbons (Fsp3) is 0.471. The van der Waals surface area contributed by atoms with Gasteiger partial charge in [0.1, 0.15) is 12.1 Å². The third kappa shape index (κ3) is 3.70. The maximum absolute atomic E-state index is 12.7. The molecule has 0 aromatic heterocycles. The standard InChI is InChI=1S/C17H22ClN3O3/c1-4-5-11(2)19-14(22)10-21-15(23)17(3,20-16(21)24)12-6-8-13(18)9-7-12/h6-9,11H,4-5,10H2,1-3H3,(H,19,22)(H,20,24)/t11-,17-/m1/s1. The molecular formula is C17H22ClN3O3. The summed E-state index contributed by atoms with van der Waals surface area (Å²) in [5, 5.41) is 6.00. The van der Waals surface area contributed by atoms with Crippen LogP contribution in [0.4, 0.5) is 4.79 Å². The summed E-state index contributed by atoms with van der Waals surface area (Å²) in [4.78, 5) is 37.9. The van der Waals surface area contributed by atoms with Gasteiger partial charge >= 0.3 is 6.03 Å². The fourth-order valence-corrected chi connectivity index (χ4v) is 2.91. The molecule has 1 aliphatic heterocycles. The summed E-state index contributed by atoms with van der Waals surface area (Å²) in [6.45, 7) is 5.25. The molecule has 24 heavy (non-hydrogen) atoms. The Labute approximate surface area is 146 Å². The van der Waals surface area contributed by atoms with E-state index in [-0.39, 0.29) is 18.5 Å². The smallest absolute Gasteiger partial charge is 0.325 e. The molecule has 0 bridgehead atoms. The Bertz CT molecular complexity index is 647. The third-order valence-corrected chi connectivity index (χ3v) is 4.38. The van der Waals surface area contributed by atoms with Crippen LogP contribution in [0.25, 0.3) is 0 Å². The zero-order valence-electron chi connectivity index (χ0n) is 14.1. The lowest BCUT2D eigenvalue weighted by Crippen LogP contribution is -2.44. The second-order valence-corrected chi connectivity index (χ2v) is 6.65. The number of carbonyl (C=O) groups is 3. The Hall–Kier alpha value is -2.08. The van der Waals surface area contributed by atoms with Gasteiger partial charge in [-0.15, -0.1) is 0 Å². The lowest BCUT2D eigenvalue weighted by molar-refractivity contribution is -0.135. The van der Waals surface area contributed by atoms with Gasteiger partial charge in [-0.3, -0.25) is 14.5 Å². The molecule has 1 aliphatic rings. The number of urea groups is 1. The lowest BCUT2D eigenvalue weighted by Gasteiger charge is -2.22. The molecule has 1 fully saturated rings. The number of imide groups is 1. The van der Waals surface area contributed by atoms with Gasteiger partial charge in [0.2, 0.25) is 5.91 Å². The van der Waals surface area contributed by atoms with E-state index in [1.54, 1.807) is 31.2 Å². The van der Waals surface area contributed by atoms with Crippen molar-refractivity contribution in [3.63, 3.8) is 0 Å². The summed E-state index contributed by atoms with van der Waals surface area (Å²) in [7, 11) is 0. The van der Waals surface area contributed by atoms with Crippen molar-refractivity contribution < 1.29 is 14.4 Å². The molecule has 2 rings (SSSR count). The minimum atomic E-state index is -1.20. The molecule has 6 nitrogen and oxygen atoms in total. The highest BCUT2D eigenvalue weighted by Gasteiger charge is 2.49. The van der Waals surface area contributed by atoms with Crippen LogP contribution in [-0.2, 0) is 15.1 Å². The number of hydrogen-bond donors (Lipinski definition) is 2. The van der Waals surface area contributed by atoms with Gasteiger partial charge in [-0.25, -0.2) is 4.79 Å². The van der Waals surface area contributed by atoms with Crippen LogP contribution < -0.4 is 10.6 Å². The highest BCUT2D eigenvalue weighted by Crippen LogP contribution is 2.29. The van der Waals surface area contributed by atoms with Crippen LogP contribution in [0.3, 0.4) is 0 Å². The number of rotatable bonds is 6. The largest absolute Gasteiger partial charge is 0.352 e. The van der Waals surface area contributed by atoms with Crippen molar-refractivity contribution in [3.05, 3.63) is 34.9 Å². The van der Waals surface area contributed by atoms with Gasteiger partial charge in [0.05, 0.1) is 0 Å². The summed E-state index contributed by atoms with van der Waals surface area (Å²) < 4.78 is 0. The molecule has 0 aliphatic carbocycles. The number of amides is 4. The van der Waals surface area contributed by atoms with Crippen LogP contribution in [-0.4, -0.2) is 35.3 Å². The SMILES string of the molecule is CCC[C@@H](C)NC(=O)CN1C(=O)N[C@](C)(c2ccc(Cl)cc2)C1=O. The number of benzene rings is 1. The summed E-state index contributed by atoms with van der Waals surface area (Å²) in [6.07, 6.45) is 1.79. The lowest BCUT2D eigenvalue weighted by atomic mass is 9.92. The monoisotopic (exact) mass is 351 g/mol. The van der Waals surface area contributed by atoms with Crippen LogP contribution in [0.5, 0.6) is 0 Å². The molecule has 1 aromatic rings. The Morgan fingerprint density at radius 3 is 2.54 bits per heavy atom. The molecule has 0 unspecified atom stereocenters. The van der Waals surface area contributed by atoms with Crippen LogP contribution in [0.15, 0.2) is 24.3 Å². The Balaban J connectivity index is 2.11. The van der Waals surface area contributed by atoms with Crippen LogP contribution in [0, 0.1) is 0 Å². The van der Waals surface area contributed by atoms with Crippen molar-refractivity contribution >= 4 is 29.4 Å². The highest BCUT2D eigenvalue weighted by atomic mass is 35.5. The minimum absolute atomic E-state index is 0.00548. The summed E-state index contributed by atoms with van der Waals surface area (Å²) in [6, 6.07) is 6.12. The minimum Gasteiger partial charge on any atom is -0.352 e. The Kier molecular flexibility index (Phi) is 5.49. The normalized spacial score (nSPS) is 21.6. The second-order valence-electron chi connectivity index (χ2n) is 6.21. The van der Waals surface area contributed by atoms with E-state index in [2.05, 4.69) is 10.6 Å². The number of hydrogen-bond acceptors (Lipinski definition) is 3. The van der Waals surface area contributed by atoms with E-state index in [0.29, 0.717) is 10.6 Å². The molecule has 130 valence electrons. The number of nitrogens with zero attached hydrogens (tertiary/aromatic N) is 1. The second kappa shape index (κ2) is 7.21. The molecule has 1 heterocycles. The van der Waals surface area contributed by atoms with E-state index in [9.17, 15) is 14.4 Å². The van der Waals surface area contributed by atoms with E-state index in [0.717, 1.165) is 17.7 Å². The molecule has 4 amide bonds. The van der Waals surface area contributed by atoms with E-state index in [4.69, 9.17) is 11.6 Å². The fourth-order valence-electron chi connectivity index (χ4n) is 2.79. The maximum Gasteiger partial charge on any atom is 0.325 e. The van der Waals surface area contributed by atoms with Crippen LogP contribution in [0.2, 0.25) is 5.02 Å². The van der Waals surface area contributed by atoms with Crippen molar-refractivity contribution in [2.45, 2.75) is 45.2 Å². The first-order valence-electron chi connectivity index (χ1n) is 7.97. The van der Waals surface area contributed by atoms with Crippen molar-refractivity contribution in [1.82, 2.24) is 15.5 Å². The first-order valence-corrected chi connectivity index (χ1v) is 8.35. The van der Waals surface area contributed by atoms with Gasteiger partial charge < -0.3 is 10.6 Å². The van der Waals surface area contributed by atoms with Gasteiger partial charge in [-0.05, 0) is 38.0 Å². The average molecular weight is 352 g/mol. The van der Waals surface area contributed by atoms with Gasteiger partial charge in [-0.2, -0.15) is 0 Å². The van der Waals surface area contributed by atoms with Crippen molar-refractivity contribution in [2.24, 2.45) is 0 Å². The molecule has 0 spiro atoms. The summed E-state index contributed by atoms with van der Waals surface area (Å²) in [5.41, 5.74) is -0.579. The van der Waals surface area contributed by atoms with Crippen LogP contribution >= 0.6 is 11.6 Å². The van der Waals surface area contributed by atoms with Gasteiger partial charge in [0, 0.05) is 11.1 Å². The van der Waals surface area contributed by atoms with Crippen molar-refractivity contribution in [1.29, 1.82) is 0 Å². The van der Waals surface area contributed by atoms with Gasteiger partial charge in [0.15, 0.2) is 0 Å². The van der Waals surface area contributed by atoms with Gasteiger partial charge in [0.25, 0.3) is 5.91 Å². The Morgan fingerprint density at radius 1 is 1.33 bits per heavy atom. The summed E-state index contributed by atoms with van der Waals surface area (Å²) >= 11 is 5.86. The topological polar surface area (TPSA) is 78.5 Å². The zero-order valence-corrected chi connectivity index (χ0v) is 14.8. The van der Waals surface area contributed by atoms with E-state index >= 15 is 0 Å².